The van der Waals surface area contributed by atoms with Gasteiger partial charge in [-0.2, -0.15) is 0 Å². The van der Waals surface area contributed by atoms with E-state index in [4.69, 9.17) is 0 Å². The highest BCUT2D eigenvalue weighted by atomic mass is 32.2. The van der Waals surface area contributed by atoms with Crippen LogP contribution in [0, 0.1) is 0 Å². The maximum absolute atomic E-state index is 13.3. The number of rotatable bonds is 5. The van der Waals surface area contributed by atoms with E-state index >= 15 is 0 Å². The lowest BCUT2D eigenvalue weighted by Gasteiger charge is -2.20. The number of carbonyl (C=O) groups is 2. The van der Waals surface area contributed by atoms with E-state index < -0.39 is 5.25 Å². The minimum absolute atomic E-state index is 0.158. The normalized spacial score (nSPS) is 15.3. The number of benzene rings is 4. The first-order valence-corrected chi connectivity index (χ1v) is 12.2. The van der Waals surface area contributed by atoms with Crippen molar-refractivity contribution < 1.29 is 9.59 Å². The summed E-state index contributed by atoms with van der Waals surface area (Å²) in [5.41, 5.74) is 2.67. The van der Waals surface area contributed by atoms with E-state index in [1.165, 1.54) is 11.8 Å². The molecular formula is C29H23N3O2S. The van der Waals surface area contributed by atoms with Gasteiger partial charge in [0.15, 0.2) is 5.17 Å². The predicted octanol–water partition coefficient (Wildman–Crippen LogP) is 6.34. The molecule has 1 aliphatic heterocycles. The lowest BCUT2D eigenvalue weighted by atomic mass is 10.1. The largest absolute Gasteiger partial charge is 0.325 e. The van der Waals surface area contributed by atoms with Gasteiger partial charge in [-0.15, -0.1) is 0 Å². The van der Waals surface area contributed by atoms with Crippen LogP contribution in [0.1, 0.15) is 12.5 Å². The summed E-state index contributed by atoms with van der Waals surface area (Å²) in [6.45, 7) is 1.82. The molecule has 5 nitrogen and oxygen atoms in total. The molecule has 0 aromatic heterocycles. The zero-order chi connectivity index (χ0) is 24.2. The molecular weight excluding hydrogens is 454 g/mol. The number of amidine groups is 1. The zero-order valence-electron chi connectivity index (χ0n) is 19.1. The monoisotopic (exact) mass is 477 g/mol. The Morgan fingerprint density at radius 2 is 1.54 bits per heavy atom. The van der Waals surface area contributed by atoms with Crippen molar-refractivity contribution in [2.24, 2.45) is 4.99 Å². The molecule has 35 heavy (non-hydrogen) atoms. The summed E-state index contributed by atoms with van der Waals surface area (Å²) in [4.78, 5) is 32.5. The van der Waals surface area contributed by atoms with E-state index in [0.29, 0.717) is 16.6 Å². The third-order valence-electron chi connectivity index (χ3n) is 5.62. The second-order valence-corrected chi connectivity index (χ2v) is 9.43. The quantitative estimate of drug-likeness (QED) is 0.341. The molecule has 172 valence electrons. The van der Waals surface area contributed by atoms with Gasteiger partial charge in [0.1, 0.15) is 5.70 Å². The van der Waals surface area contributed by atoms with Crippen molar-refractivity contribution in [1.29, 1.82) is 0 Å². The Bertz CT molecular complexity index is 1450. The van der Waals surface area contributed by atoms with E-state index in [1.807, 2.05) is 110 Å². The number of hydrogen-bond donors (Lipinski definition) is 1. The van der Waals surface area contributed by atoms with Gasteiger partial charge in [0.05, 0.1) is 10.9 Å². The van der Waals surface area contributed by atoms with E-state index in [1.54, 1.807) is 11.0 Å². The number of anilines is 2. The fourth-order valence-electron chi connectivity index (χ4n) is 3.81. The molecule has 1 heterocycles. The molecule has 4 aromatic rings. The summed E-state index contributed by atoms with van der Waals surface area (Å²) in [5, 5.41) is 5.16. The Kier molecular flexibility index (Phi) is 6.46. The Morgan fingerprint density at radius 1 is 0.886 bits per heavy atom. The summed E-state index contributed by atoms with van der Waals surface area (Å²) in [6.07, 6.45) is 1.77. The molecule has 1 unspecified atom stereocenters. The van der Waals surface area contributed by atoms with Gasteiger partial charge in [-0.25, -0.2) is 4.99 Å². The summed E-state index contributed by atoms with van der Waals surface area (Å²) >= 11 is 1.26. The fourth-order valence-corrected chi connectivity index (χ4v) is 4.74. The first kappa shape index (κ1) is 22.6. The van der Waals surface area contributed by atoms with Crippen molar-refractivity contribution >= 4 is 57.0 Å². The van der Waals surface area contributed by atoms with Crippen LogP contribution < -0.4 is 10.2 Å². The summed E-state index contributed by atoms with van der Waals surface area (Å²) in [6, 6.07) is 32.8. The highest BCUT2D eigenvalue weighted by Crippen LogP contribution is 2.31. The minimum Gasteiger partial charge on any atom is -0.325 e. The molecule has 0 saturated carbocycles. The number of carbonyl (C=O) groups excluding carboxylic acids is 2. The molecule has 1 atom stereocenters. The van der Waals surface area contributed by atoms with Crippen molar-refractivity contribution in [2.45, 2.75) is 12.2 Å². The van der Waals surface area contributed by atoms with E-state index in [2.05, 4.69) is 10.3 Å². The third kappa shape index (κ3) is 5.03. The van der Waals surface area contributed by atoms with Crippen LogP contribution in [0.4, 0.5) is 11.4 Å². The lowest BCUT2D eigenvalue weighted by Crippen LogP contribution is -2.33. The number of para-hydroxylation sites is 1. The molecule has 1 N–H and O–H groups in total. The van der Waals surface area contributed by atoms with Crippen LogP contribution in [0.25, 0.3) is 16.8 Å². The van der Waals surface area contributed by atoms with Crippen LogP contribution in [-0.2, 0) is 9.59 Å². The van der Waals surface area contributed by atoms with Crippen LogP contribution in [0.3, 0.4) is 0 Å². The molecule has 4 aromatic carbocycles. The molecule has 0 radical (unpaired) electrons. The molecule has 0 aliphatic carbocycles. The van der Waals surface area contributed by atoms with Crippen LogP contribution in [-0.4, -0.2) is 22.2 Å². The standard InChI is InChI=1S/C29H23N3O2S/c1-20(27(33)30-24-17-16-22-12-8-9-13-23(22)19-24)35-29-31-26(18-21-10-4-2-5-11-21)28(34)32(29)25-14-6-3-7-15-25/h2-20H,1H3,(H,30,33)/b26-18+. The SMILES string of the molecule is CC(SC1=N/C(=C/c2ccccc2)C(=O)N1c1ccccc1)C(=O)Nc1ccc2ccccc2c1. The molecule has 2 amide bonds. The number of nitrogens with one attached hydrogen (secondary N) is 1. The lowest BCUT2D eigenvalue weighted by molar-refractivity contribution is -0.115. The fraction of sp³-hybridized carbons (Fsp3) is 0.0690. The summed E-state index contributed by atoms with van der Waals surface area (Å²) in [7, 11) is 0. The second-order valence-electron chi connectivity index (χ2n) is 8.12. The van der Waals surface area contributed by atoms with E-state index in [0.717, 1.165) is 22.0 Å². The number of hydrogen-bond acceptors (Lipinski definition) is 4. The number of nitrogens with zero attached hydrogens (tertiary/aromatic N) is 2. The van der Waals surface area contributed by atoms with Gasteiger partial charge in [0.25, 0.3) is 5.91 Å². The molecule has 0 saturated heterocycles. The van der Waals surface area contributed by atoms with Gasteiger partial charge in [-0.3, -0.25) is 14.5 Å². The zero-order valence-corrected chi connectivity index (χ0v) is 19.9. The van der Waals surface area contributed by atoms with Crippen LogP contribution >= 0.6 is 11.8 Å². The number of amides is 2. The number of thioether (sulfide) groups is 1. The predicted molar refractivity (Wildman–Crippen MR) is 145 cm³/mol. The average Bonchev–Trinajstić information content (AvgIpc) is 3.19. The van der Waals surface area contributed by atoms with Gasteiger partial charge in [-0.1, -0.05) is 90.6 Å². The molecule has 0 fully saturated rings. The van der Waals surface area contributed by atoms with Gasteiger partial charge < -0.3 is 5.32 Å². The van der Waals surface area contributed by atoms with Crippen molar-refractivity contribution in [3.8, 4) is 0 Å². The van der Waals surface area contributed by atoms with Crippen molar-refractivity contribution in [3.05, 3.63) is 114 Å². The van der Waals surface area contributed by atoms with Gasteiger partial charge >= 0.3 is 0 Å². The van der Waals surface area contributed by atoms with E-state index in [9.17, 15) is 9.59 Å². The van der Waals surface area contributed by atoms with Crippen molar-refractivity contribution in [3.63, 3.8) is 0 Å². The first-order valence-electron chi connectivity index (χ1n) is 11.3. The van der Waals surface area contributed by atoms with Gasteiger partial charge in [0.2, 0.25) is 5.91 Å². The molecule has 0 bridgehead atoms. The van der Waals surface area contributed by atoms with E-state index in [-0.39, 0.29) is 11.8 Å². The highest BCUT2D eigenvalue weighted by Gasteiger charge is 2.34. The molecule has 6 heteroatoms. The highest BCUT2D eigenvalue weighted by molar-refractivity contribution is 8.15. The van der Waals surface area contributed by atoms with Crippen molar-refractivity contribution in [1.82, 2.24) is 0 Å². The van der Waals surface area contributed by atoms with Crippen LogP contribution in [0.5, 0.6) is 0 Å². The molecule has 0 spiro atoms. The van der Waals surface area contributed by atoms with Gasteiger partial charge in [0, 0.05) is 5.69 Å². The Balaban J connectivity index is 1.39. The van der Waals surface area contributed by atoms with Crippen molar-refractivity contribution in [2.75, 3.05) is 10.2 Å². The van der Waals surface area contributed by atoms with Gasteiger partial charge in [-0.05, 0) is 53.6 Å². The Morgan fingerprint density at radius 3 is 2.29 bits per heavy atom. The Labute approximate surface area is 208 Å². The Hall–Kier alpha value is -4.16. The third-order valence-corrected chi connectivity index (χ3v) is 6.67. The minimum atomic E-state index is -0.477. The summed E-state index contributed by atoms with van der Waals surface area (Å²) in [5.74, 6) is -0.376. The second kappa shape index (κ2) is 9.99. The number of aliphatic imine (C=N–C) groups is 1. The molecule has 5 rings (SSSR count). The topological polar surface area (TPSA) is 61.8 Å². The van der Waals surface area contributed by atoms with Crippen LogP contribution in [0.2, 0.25) is 0 Å². The summed E-state index contributed by atoms with van der Waals surface area (Å²) < 4.78 is 0. The average molecular weight is 478 g/mol. The molecule has 1 aliphatic rings. The van der Waals surface area contributed by atoms with Crippen LogP contribution in [0.15, 0.2) is 114 Å². The maximum Gasteiger partial charge on any atom is 0.283 e. The first-order chi connectivity index (χ1) is 17.1. The smallest absolute Gasteiger partial charge is 0.283 e. The maximum atomic E-state index is 13.3. The number of fused-ring (bicyclic) bond motifs is 1.